The van der Waals surface area contributed by atoms with Crippen LogP contribution in [-0.2, 0) is 0 Å². The SMILES string of the molecule is CC(O)N(C)C1=Nc2ccc(Cl)cc2C(c2ccccc2)=[N+]([O-])C1.Cl. The molecule has 2 aromatic carbocycles. The maximum Gasteiger partial charge on any atom is 0.228 e. The maximum atomic E-state index is 12.9. The van der Waals surface area contributed by atoms with E-state index in [0.717, 1.165) is 10.3 Å². The Balaban J connectivity index is 0.00000225. The second kappa shape index (κ2) is 7.87. The fourth-order valence-electron chi connectivity index (χ4n) is 2.61. The number of hydroxylamine groups is 1. The number of benzene rings is 2. The number of rotatable bonds is 2. The molecule has 1 heterocycles. The molecule has 2 aromatic rings. The summed E-state index contributed by atoms with van der Waals surface area (Å²) in [5, 5.41) is 23.2. The van der Waals surface area contributed by atoms with Crippen LogP contribution in [0.3, 0.4) is 0 Å². The van der Waals surface area contributed by atoms with Crippen molar-refractivity contribution in [2.45, 2.75) is 13.2 Å². The third-order valence-corrected chi connectivity index (χ3v) is 4.25. The Morgan fingerprint density at radius 3 is 2.56 bits per heavy atom. The first-order chi connectivity index (χ1) is 11.5. The van der Waals surface area contributed by atoms with Gasteiger partial charge in [0.05, 0.1) is 11.3 Å². The van der Waals surface area contributed by atoms with E-state index < -0.39 is 6.23 Å². The van der Waals surface area contributed by atoms with E-state index in [1.807, 2.05) is 30.3 Å². The van der Waals surface area contributed by atoms with Gasteiger partial charge in [-0.05, 0) is 37.3 Å². The monoisotopic (exact) mass is 379 g/mol. The molecule has 0 spiro atoms. The highest BCUT2D eigenvalue weighted by Gasteiger charge is 2.26. The van der Waals surface area contributed by atoms with Crippen molar-refractivity contribution in [2.24, 2.45) is 4.99 Å². The van der Waals surface area contributed by atoms with Gasteiger partial charge in [0.1, 0.15) is 6.23 Å². The van der Waals surface area contributed by atoms with Crippen LogP contribution in [-0.4, -0.2) is 46.1 Å². The van der Waals surface area contributed by atoms with Crippen molar-refractivity contribution in [1.29, 1.82) is 0 Å². The Bertz CT molecular complexity index is 820. The predicted molar refractivity (Wildman–Crippen MR) is 103 cm³/mol. The summed E-state index contributed by atoms with van der Waals surface area (Å²) in [5.41, 5.74) is 2.65. The Kier molecular flexibility index (Phi) is 6.06. The highest BCUT2D eigenvalue weighted by Crippen LogP contribution is 2.28. The van der Waals surface area contributed by atoms with Gasteiger partial charge < -0.3 is 15.2 Å². The van der Waals surface area contributed by atoms with Gasteiger partial charge in [-0.1, -0.05) is 29.8 Å². The Labute approximate surface area is 157 Å². The number of fused-ring (bicyclic) bond motifs is 1. The minimum absolute atomic E-state index is 0. The molecule has 0 bridgehead atoms. The summed E-state index contributed by atoms with van der Waals surface area (Å²) < 4.78 is 0.898. The lowest BCUT2D eigenvalue weighted by Gasteiger charge is -2.22. The van der Waals surface area contributed by atoms with E-state index >= 15 is 0 Å². The van der Waals surface area contributed by atoms with Crippen LogP contribution in [0, 0.1) is 5.21 Å². The minimum Gasteiger partial charge on any atom is -0.623 e. The molecule has 3 rings (SSSR count). The zero-order valence-corrected chi connectivity index (χ0v) is 15.5. The zero-order valence-electron chi connectivity index (χ0n) is 13.9. The number of hydrogen-bond donors (Lipinski definition) is 1. The number of likely N-dealkylation sites (N-methyl/N-ethyl adjacent to an activating group) is 1. The van der Waals surface area contributed by atoms with Crippen molar-refractivity contribution in [3.05, 3.63) is 69.9 Å². The van der Waals surface area contributed by atoms with E-state index in [9.17, 15) is 10.3 Å². The Morgan fingerprint density at radius 1 is 1.24 bits per heavy atom. The zero-order chi connectivity index (χ0) is 17.3. The van der Waals surface area contributed by atoms with E-state index in [-0.39, 0.29) is 19.0 Å². The molecule has 0 fully saturated rings. The molecule has 1 unspecified atom stereocenters. The van der Waals surface area contributed by atoms with Crippen molar-refractivity contribution >= 4 is 41.2 Å². The van der Waals surface area contributed by atoms with Gasteiger partial charge in [-0.2, -0.15) is 4.74 Å². The summed E-state index contributed by atoms with van der Waals surface area (Å²) >= 11 is 6.15. The van der Waals surface area contributed by atoms with Crippen molar-refractivity contribution in [1.82, 2.24) is 4.90 Å². The summed E-state index contributed by atoms with van der Waals surface area (Å²) in [6.45, 7) is 1.67. The van der Waals surface area contributed by atoms with Gasteiger partial charge in [-0.3, -0.25) is 0 Å². The predicted octanol–water partition coefficient (Wildman–Crippen LogP) is 3.42. The number of halogens is 2. The van der Waals surface area contributed by atoms with Crippen LogP contribution in [0.4, 0.5) is 5.69 Å². The minimum atomic E-state index is -0.744. The number of nitrogens with zero attached hydrogens (tertiary/aromatic N) is 3. The molecular weight excluding hydrogens is 361 g/mol. The first-order valence-corrected chi connectivity index (χ1v) is 8.00. The van der Waals surface area contributed by atoms with Crippen LogP contribution in [0.1, 0.15) is 18.1 Å². The molecule has 1 aliphatic rings. The first-order valence-electron chi connectivity index (χ1n) is 7.63. The van der Waals surface area contributed by atoms with E-state index in [1.54, 1.807) is 37.1 Å². The molecule has 0 saturated heterocycles. The normalized spacial score (nSPS) is 14.8. The van der Waals surface area contributed by atoms with E-state index in [1.165, 1.54) is 0 Å². The molecule has 1 aliphatic heterocycles. The van der Waals surface area contributed by atoms with E-state index in [2.05, 4.69) is 4.99 Å². The second-order valence-corrected chi connectivity index (χ2v) is 6.12. The third-order valence-electron chi connectivity index (χ3n) is 4.01. The highest BCUT2D eigenvalue weighted by molar-refractivity contribution is 6.31. The first kappa shape index (κ1) is 19.2. The van der Waals surface area contributed by atoms with Crippen LogP contribution in [0.15, 0.2) is 53.5 Å². The molecule has 0 radical (unpaired) electrons. The van der Waals surface area contributed by atoms with Crippen LogP contribution in [0.25, 0.3) is 0 Å². The van der Waals surface area contributed by atoms with Gasteiger partial charge in [0.15, 0.2) is 5.84 Å². The lowest BCUT2D eigenvalue weighted by atomic mass is 10.0. The van der Waals surface area contributed by atoms with Crippen molar-refractivity contribution in [2.75, 3.05) is 13.6 Å². The Hall–Kier alpha value is -2.08. The second-order valence-electron chi connectivity index (χ2n) is 5.68. The average Bonchev–Trinajstić information content (AvgIpc) is 2.70. The Morgan fingerprint density at radius 2 is 1.92 bits per heavy atom. The van der Waals surface area contributed by atoms with Crippen LogP contribution >= 0.6 is 24.0 Å². The third kappa shape index (κ3) is 3.95. The van der Waals surface area contributed by atoms with Crippen LogP contribution in [0.2, 0.25) is 5.02 Å². The van der Waals surface area contributed by atoms with Gasteiger partial charge in [0.25, 0.3) is 0 Å². The smallest absolute Gasteiger partial charge is 0.228 e. The number of aliphatic hydroxyl groups excluding tert-OH is 1. The van der Waals surface area contributed by atoms with Gasteiger partial charge in [-0.15, -0.1) is 12.4 Å². The van der Waals surface area contributed by atoms with Crippen LogP contribution < -0.4 is 0 Å². The standard InChI is InChI=1S/C18H18ClN3O2.ClH/c1-12(23)21(2)17-11-22(24)18(13-6-4-3-5-7-13)15-10-14(19)8-9-16(15)20-17;/h3-10,12,23H,11H2,1-2H3;1H. The summed E-state index contributed by atoms with van der Waals surface area (Å²) in [7, 11) is 1.71. The fourth-order valence-corrected chi connectivity index (χ4v) is 2.79. The van der Waals surface area contributed by atoms with Gasteiger partial charge in [0, 0.05) is 17.6 Å². The molecule has 7 heteroatoms. The maximum absolute atomic E-state index is 12.9. The molecule has 1 atom stereocenters. The number of hydrogen-bond acceptors (Lipinski definition) is 4. The molecular formula is C18H19Cl2N3O2. The molecule has 132 valence electrons. The van der Waals surface area contributed by atoms with Crippen molar-refractivity contribution in [3.8, 4) is 0 Å². The van der Waals surface area contributed by atoms with Gasteiger partial charge >= 0.3 is 0 Å². The fraction of sp³-hybridized carbons (Fsp3) is 0.222. The van der Waals surface area contributed by atoms with Gasteiger partial charge in [-0.25, -0.2) is 4.99 Å². The lowest BCUT2D eigenvalue weighted by Crippen LogP contribution is -2.39. The largest absolute Gasteiger partial charge is 0.623 e. The van der Waals surface area contributed by atoms with E-state index in [4.69, 9.17) is 11.6 Å². The molecule has 0 aliphatic carbocycles. The topological polar surface area (TPSA) is 61.9 Å². The number of amidine groups is 1. The molecule has 1 N–H and O–H groups in total. The summed E-state index contributed by atoms with van der Waals surface area (Å²) in [5.74, 6) is 0.495. The van der Waals surface area contributed by atoms with Crippen molar-refractivity contribution in [3.63, 3.8) is 0 Å². The molecule has 5 nitrogen and oxygen atoms in total. The molecule has 0 aromatic heterocycles. The average molecular weight is 380 g/mol. The molecule has 0 saturated carbocycles. The van der Waals surface area contributed by atoms with E-state index in [0.29, 0.717) is 27.8 Å². The lowest BCUT2D eigenvalue weighted by molar-refractivity contribution is -0.440. The number of aliphatic hydroxyl groups is 1. The summed E-state index contributed by atoms with van der Waals surface area (Å²) in [6.07, 6.45) is -0.744. The highest BCUT2D eigenvalue weighted by atomic mass is 35.5. The molecule has 0 amide bonds. The molecule has 25 heavy (non-hydrogen) atoms. The van der Waals surface area contributed by atoms with Gasteiger partial charge in [0.2, 0.25) is 12.3 Å². The van der Waals surface area contributed by atoms with Crippen LogP contribution in [0.5, 0.6) is 0 Å². The summed E-state index contributed by atoms with van der Waals surface area (Å²) in [4.78, 5) is 6.17. The summed E-state index contributed by atoms with van der Waals surface area (Å²) in [6, 6.07) is 14.7. The van der Waals surface area contributed by atoms with Crippen molar-refractivity contribution < 1.29 is 9.85 Å². The number of aliphatic imine (C=N–C) groups is 1. The quantitative estimate of drug-likeness (QED) is 0.493.